The molecule has 0 radical (unpaired) electrons. The van der Waals surface area contributed by atoms with Crippen molar-refractivity contribution in [3.63, 3.8) is 0 Å². The molecule has 0 unspecified atom stereocenters. The van der Waals surface area contributed by atoms with E-state index in [1.165, 1.54) is 0 Å². The van der Waals surface area contributed by atoms with Gasteiger partial charge >= 0.3 is 0 Å². The standard InChI is InChI=1S/C20H22N2O4/c1-3-25-17-7-5-4-6-14(17)8-11-19(23)21-15-9-10-18-16(12-15)22-20(24)13(2)26-18/h4-7,9-10,12-13H,3,8,11H2,1-2H3,(H,21,23)(H,22,24)/t13-/m0/s1. The second-order valence-electron chi connectivity index (χ2n) is 6.05. The fourth-order valence-electron chi connectivity index (χ4n) is 2.76. The Morgan fingerprint density at radius 1 is 1.27 bits per heavy atom. The monoisotopic (exact) mass is 354 g/mol. The normalized spacial score (nSPS) is 15.5. The van der Waals surface area contributed by atoms with Gasteiger partial charge in [-0.1, -0.05) is 18.2 Å². The molecule has 0 saturated carbocycles. The molecule has 6 nitrogen and oxygen atoms in total. The zero-order valence-corrected chi connectivity index (χ0v) is 14.9. The highest BCUT2D eigenvalue weighted by Crippen LogP contribution is 2.32. The second kappa shape index (κ2) is 7.91. The number of rotatable bonds is 6. The summed E-state index contributed by atoms with van der Waals surface area (Å²) in [7, 11) is 0. The van der Waals surface area contributed by atoms with Crippen LogP contribution < -0.4 is 20.1 Å². The summed E-state index contributed by atoms with van der Waals surface area (Å²) in [6.07, 6.45) is 0.402. The Morgan fingerprint density at radius 2 is 2.08 bits per heavy atom. The van der Waals surface area contributed by atoms with Gasteiger partial charge in [0.05, 0.1) is 12.3 Å². The Hall–Kier alpha value is -3.02. The fraction of sp³-hybridized carbons (Fsp3) is 0.300. The van der Waals surface area contributed by atoms with E-state index in [0.29, 0.717) is 36.6 Å². The number of anilines is 2. The Morgan fingerprint density at radius 3 is 2.88 bits per heavy atom. The number of carbonyl (C=O) groups excluding carboxylic acids is 2. The summed E-state index contributed by atoms with van der Waals surface area (Å²) in [5, 5.41) is 5.62. The van der Waals surface area contributed by atoms with Gasteiger partial charge in [-0.25, -0.2) is 0 Å². The van der Waals surface area contributed by atoms with Crippen LogP contribution in [0.25, 0.3) is 0 Å². The molecule has 1 atom stereocenters. The molecule has 26 heavy (non-hydrogen) atoms. The molecule has 2 aromatic carbocycles. The van der Waals surface area contributed by atoms with Crippen LogP contribution in [0.1, 0.15) is 25.8 Å². The van der Waals surface area contributed by atoms with Crippen LogP contribution in [0.2, 0.25) is 0 Å². The number of para-hydroxylation sites is 1. The maximum absolute atomic E-state index is 12.3. The lowest BCUT2D eigenvalue weighted by Crippen LogP contribution is -2.34. The lowest BCUT2D eigenvalue weighted by molar-refractivity contribution is -0.122. The van der Waals surface area contributed by atoms with Gasteiger partial charge in [0, 0.05) is 12.1 Å². The predicted molar refractivity (Wildman–Crippen MR) is 99.7 cm³/mol. The molecule has 0 saturated heterocycles. The zero-order chi connectivity index (χ0) is 18.5. The van der Waals surface area contributed by atoms with E-state index in [-0.39, 0.29) is 11.8 Å². The van der Waals surface area contributed by atoms with Crippen molar-refractivity contribution in [2.75, 3.05) is 17.2 Å². The molecule has 2 amide bonds. The molecule has 0 bridgehead atoms. The Labute approximate surface area is 152 Å². The number of nitrogens with one attached hydrogen (secondary N) is 2. The largest absolute Gasteiger partial charge is 0.494 e. The van der Waals surface area contributed by atoms with Crippen molar-refractivity contribution in [2.24, 2.45) is 0 Å². The first-order chi connectivity index (χ1) is 12.6. The van der Waals surface area contributed by atoms with E-state index in [0.717, 1.165) is 11.3 Å². The van der Waals surface area contributed by atoms with Crippen LogP contribution in [0.4, 0.5) is 11.4 Å². The molecule has 2 aromatic rings. The van der Waals surface area contributed by atoms with Crippen molar-refractivity contribution in [2.45, 2.75) is 32.8 Å². The van der Waals surface area contributed by atoms with Crippen molar-refractivity contribution in [3.05, 3.63) is 48.0 Å². The first kappa shape index (κ1) is 17.8. The van der Waals surface area contributed by atoms with Gasteiger partial charge in [0.2, 0.25) is 5.91 Å². The number of ether oxygens (including phenoxy) is 2. The minimum Gasteiger partial charge on any atom is -0.494 e. The molecule has 1 aliphatic rings. The summed E-state index contributed by atoms with van der Waals surface area (Å²) in [6.45, 7) is 4.21. The quantitative estimate of drug-likeness (QED) is 0.834. The summed E-state index contributed by atoms with van der Waals surface area (Å²) in [6, 6.07) is 12.9. The van der Waals surface area contributed by atoms with Gasteiger partial charge in [0.1, 0.15) is 11.5 Å². The molecule has 2 N–H and O–H groups in total. The Bertz CT molecular complexity index is 819. The van der Waals surface area contributed by atoms with Gasteiger partial charge in [0.25, 0.3) is 5.91 Å². The van der Waals surface area contributed by atoms with Gasteiger partial charge in [-0.3, -0.25) is 9.59 Å². The summed E-state index contributed by atoms with van der Waals surface area (Å²) in [5.74, 6) is 1.10. The topological polar surface area (TPSA) is 76.7 Å². The molecule has 6 heteroatoms. The van der Waals surface area contributed by atoms with Gasteiger partial charge < -0.3 is 20.1 Å². The number of aryl methyl sites for hydroxylation is 1. The van der Waals surface area contributed by atoms with E-state index in [4.69, 9.17) is 9.47 Å². The lowest BCUT2D eigenvalue weighted by Gasteiger charge is -2.23. The third kappa shape index (κ3) is 4.14. The SMILES string of the molecule is CCOc1ccccc1CCC(=O)Nc1ccc2c(c1)NC(=O)[C@H](C)O2. The smallest absolute Gasteiger partial charge is 0.265 e. The Kier molecular flexibility index (Phi) is 5.41. The van der Waals surface area contributed by atoms with E-state index in [2.05, 4.69) is 10.6 Å². The van der Waals surface area contributed by atoms with Crippen LogP contribution in [0.3, 0.4) is 0 Å². The van der Waals surface area contributed by atoms with Crippen LogP contribution in [0, 0.1) is 0 Å². The summed E-state index contributed by atoms with van der Waals surface area (Å²) >= 11 is 0. The van der Waals surface area contributed by atoms with Gasteiger partial charge in [0.15, 0.2) is 6.10 Å². The van der Waals surface area contributed by atoms with Gasteiger partial charge in [-0.2, -0.15) is 0 Å². The molecule has 0 aliphatic carbocycles. The molecular weight excluding hydrogens is 332 g/mol. The zero-order valence-electron chi connectivity index (χ0n) is 14.9. The second-order valence-corrected chi connectivity index (χ2v) is 6.05. The number of carbonyl (C=O) groups is 2. The van der Waals surface area contributed by atoms with Gasteiger partial charge in [-0.15, -0.1) is 0 Å². The predicted octanol–water partition coefficient (Wildman–Crippen LogP) is 3.38. The van der Waals surface area contributed by atoms with Gasteiger partial charge in [-0.05, 0) is 50.1 Å². The van der Waals surface area contributed by atoms with E-state index in [1.807, 2.05) is 31.2 Å². The van der Waals surface area contributed by atoms with Crippen molar-refractivity contribution >= 4 is 23.2 Å². The maximum Gasteiger partial charge on any atom is 0.265 e. The highest BCUT2D eigenvalue weighted by Gasteiger charge is 2.23. The maximum atomic E-state index is 12.3. The summed E-state index contributed by atoms with van der Waals surface area (Å²) < 4.78 is 11.1. The summed E-state index contributed by atoms with van der Waals surface area (Å²) in [5.41, 5.74) is 2.18. The van der Waals surface area contributed by atoms with Crippen molar-refractivity contribution in [3.8, 4) is 11.5 Å². The molecule has 1 heterocycles. The number of hydrogen-bond donors (Lipinski definition) is 2. The van der Waals surface area contributed by atoms with Crippen LogP contribution in [-0.4, -0.2) is 24.5 Å². The third-order valence-corrected chi connectivity index (χ3v) is 4.09. The first-order valence-corrected chi connectivity index (χ1v) is 8.69. The molecule has 3 rings (SSSR count). The first-order valence-electron chi connectivity index (χ1n) is 8.69. The third-order valence-electron chi connectivity index (χ3n) is 4.09. The lowest BCUT2D eigenvalue weighted by atomic mass is 10.1. The highest BCUT2D eigenvalue weighted by atomic mass is 16.5. The number of hydrogen-bond acceptors (Lipinski definition) is 4. The van der Waals surface area contributed by atoms with Crippen LogP contribution >= 0.6 is 0 Å². The summed E-state index contributed by atoms with van der Waals surface area (Å²) in [4.78, 5) is 24.0. The van der Waals surface area contributed by atoms with Crippen molar-refractivity contribution < 1.29 is 19.1 Å². The number of fused-ring (bicyclic) bond motifs is 1. The molecule has 1 aliphatic heterocycles. The molecule has 136 valence electrons. The Balaban J connectivity index is 1.61. The van der Waals surface area contributed by atoms with E-state index in [9.17, 15) is 9.59 Å². The minimum atomic E-state index is -0.520. The highest BCUT2D eigenvalue weighted by molar-refractivity contribution is 5.99. The average Bonchev–Trinajstić information content (AvgIpc) is 2.62. The molecule has 0 spiro atoms. The van der Waals surface area contributed by atoms with Crippen LogP contribution in [-0.2, 0) is 16.0 Å². The average molecular weight is 354 g/mol. The minimum absolute atomic E-state index is 0.104. The number of benzene rings is 2. The van der Waals surface area contributed by atoms with E-state index in [1.54, 1.807) is 25.1 Å². The molecule has 0 fully saturated rings. The number of amides is 2. The van der Waals surface area contributed by atoms with Crippen LogP contribution in [0.5, 0.6) is 11.5 Å². The van der Waals surface area contributed by atoms with Crippen molar-refractivity contribution in [1.82, 2.24) is 0 Å². The van der Waals surface area contributed by atoms with E-state index < -0.39 is 6.10 Å². The van der Waals surface area contributed by atoms with Crippen LogP contribution in [0.15, 0.2) is 42.5 Å². The molecular formula is C20H22N2O4. The molecule has 0 aromatic heterocycles. The fourth-order valence-corrected chi connectivity index (χ4v) is 2.76. The van der Waals surface area contributed by atoms with Crippen molar-refractivity contribution in [1.29, 1.82) is 0 Å². The van der Waals surface area contributed by atoms with E-state index >= 15 is 0 Å².